The van der Waals surface area contributed by atoms with Crippen LogP contribution in [0.1, 0.15) is 24.5 Å². The highest BCUT2D eigenvalue weighted by Gasteiger charge is 2.37. The highest BCUT2D eigenvalue weighted by Crippen LogP contribution is 2.34. The molecule has 130 valence electrons. The first-order chi connectivity index (χ1) is 11.4. The molecular weight excluding hydrogens is 330 g/mol. The standard InChI is InChI=1S/C16H21N3O4S/c20-15-3-1-2-14-12-6-11(8-19(14)15)7-18(9-12)16(21)17-13-4-5-24(22,23)10-13/h1-3,11-13H,4-10H2,(H,17,21)/t11-,12+,13?/m0/s1. The van der Waals surface area contributed by atoms with Crippen molar-refractivity contribution in [2.45, 2.75) is 31.3 Å². The third-order valence-electron chi connectivity index (χ3n) is 5.33. The fourth-order valence-corrected chi connectivity index (χ4v) is 5.91. The Balaban J connectivity index is 1.48. The number of nitrogens with zero attached hydrogens (tertiary/aromatic N) is 2. The van der Waals surface area contributed by atoms with Crippen molar-refractivity contribution in [1.29, 1.82) is 0 Å². The maximum atomic E-state index is 12.5. The molecule has 2 saturated heterocycles. The van der Waals surface area contributed by atoms with Crippen molar-refractivity contribution in [2.24, 2.45) is 5.92 Å². The number of rotatable bonds is 1. The lowest BCUT2D eigenvalue weighted by Crippen LogP contribution is -2.53. The Morgan fingerprint density at radius 2 is 2.04 bits per heavy atom. The number of hydrogen-bond acceptors (Lipinski definition) is 4. The van der Waals surface area contributed by atoms with Crippen molar-refractivity contribution < 1.29 is 13.2 Å². The zero-order valence-corrected chi connectivity index (χ0v) is 14.2. The molecule has 2 amide bonds. The molecule has 4 heterocycles. The molecule has 0 saturated carbocycles. The molecule has 0 aliphatic carbocycles. The van der Waals surface area contributed by atoms with Crippen LogP contribution < -0.4 is 10.9 Å². The summed E-state index contributed by atoms with van der Waals surface area (Å²) in [6, 6.07) is 4.86. The van der Waals surface area contributed by atoms with Gasteiger partial charge in [-0.25, -0.2) is 13.2 Å². The summed E-state index contributed by atoms with van der Waals surface area (Å²) in [5.74, 6) is 0.635. The second kappa shape index (κ2) is 5.61. The predicted molar refractivity (Wildman–Crippen MR) is 88.7 cm³/mol. The van der Waals surface area contributed by atoms with Crippen LogP contribution >= 0.6 is 0 Å². The minimum absolute atomic E-state index is 0.0243. The number of carbonyl (C=O) groups is 1. The molecule has 0 radical (unpaired) electrons. The van der Waals surface area contributed by atoms with E-state index >= 15 is 0 Å². The SMILES string of the molecule is O=C(NC1CCS(=O)(=O)C1)N1C[C@@H]2C[C@H](C1)c1cccc(=O)n1C2. The molecule has 0 spiro atoms. The summed E-state index contributed by atoms with van der Waals surface area (Å²) in [5.41, 5.74) is 1.02. The molecule has 3 aliphatic heterocycles. The summed E-state index contributed by atoms with van der Waals surface area (Å²) in [5, 5.41) is 2.87. The van der Waals surface area contributed by atoms with Crippen molar-refractivity contribution in [3.63, 3.8) is 0 Å². The average molecular weight is 351 g/mol. The van der Waals surface area contributed by atoms with Crippen LogP contribution in [0.2, 0.25) is 0 Å². The molecule has 24 heavy (non-hydrogen) atoms. The molecule has 0 aromatic carbocycles. The lowest BCUT2D eigenvalue weighted by atomic mass is 9.83. The normalized spacial score (nSPS) is 30.7. The smallest absolute Gasteiger partial charge is 0.317 e. The number of likely N-dealkylation sites (tertiary alicyclic amines) is 1. The molecule has 3 aliphatic rings. The maximum Gasteiger partial charge on any atom is 0.317 e. The molecule has 1 N–H and O–H groups in total. The van der Waals surface area contributed by atoms with Crippen molar-refractivity contribution in [3.8, 4) is 0 Å². The van der Waals surface area contributed by atoms with E-state index < -0.39 is 9.84 Å². The number of urea groups is 1. The lowest BCUT2D eigenvalue weighted by Gasteiger charge is -2.42. The molecule has 7 nitrogen and oxygen atoms in total. The van der Waals surface area contributed by atoms with Crippen molar-refractivity contribution in [2.75, 3.05) is 24.6 Å². The van der Waals surface area contributed by atoms with Crippen molar-refractivity contribution >= 4 is 15.9 Å². The minimum atomic E-state index is -3.00. The Bertz CT molecular complexity index is 832. The van der Waals surface area contributed by atoms with Crippen LogP contribution in [0.15, 0.2) is 23.0 Å². The number of hydrogen-bond donors (Lipinski definition) is 1. The highest BCUT2D eigenvalue weighted by molar-refractivity contribution is 7.91. The molecule has 3 atom stereocenters. The zero-order valence-electron chi connectivity index (χ0n) is 13.3. The van der Waals surface area contributed by atoms with Crippen LogP contribution in [0.3, 0.4) is 0 Å². The fraction of sp³-hybridized carbons (Fsp3) is 0.625. The van der Waals surface area contributed by atoms with E-state index in [1.165, 1.54) is 0 Å². The molecule has 8 heteroatoms. The van der Waals surface area contributed by atoms with E-state index in [0.29, 0.717) is 26.1 Å². The fourth-order valence-electron chi connectivity index (χ4n) is 4.24. The van der Waals surface area contributed by atoms with Gasteiger partial charge in [0.05, 0.1) is 11.5 Å². The Morgan fingerprint density at radius 3 is 2.79 bits per heavy atom. The number of amides is 2. The largest absolute Gasteiger partial charge is 0.334 e. The van der Waals surface area contributed by atoms with Crippen LogP contribution in [-0.2, 0) is 16.4 Å². The van der Waals surface area contributed by atoms with E-state index in [-0.39, 0.29) is 41.0 Å². The van der Waals surface area contributed by atoms with Gasteiger partial charge in [-0.2, -0.15) is 0 Å². The molecule has 1 aromatic heterocycles. The summed E-state index contributed by atoms with van der Waals surface area (Å²) in [7, 11) is -3.00. The second-order valence-corrected chi connectivity index (χ2v) is 9.38. The van der Waals surface area contributed by atoms with Crippen LogP contribution in [0.25, 0.3) is 0 Å². The van der Waals surface area contributed by atoms with Gasteiger partial charge in [-0.15, -0.1) is 0 Å². The number of fused-ring (bicyclic) bond motifs is 4. The van der Waals surface area contributed by atoms with Gasteiger partial charge in [0.2, 0.25) is 0 Å². The Morgan fingerprint density at radius 1 is 1.21 bits per heavy atom. The zero-order chi connectivity index (χ0) is 16.9. The van der Waals surface area contributed by atoms with E-state index in [2.05, 4.69) is 5.32 Å². The quantitative estimate of drug-likeness (QED) is 0.781. The molecule has 1 unspecified atom stereocenters. The van der Waals surface area contributed by atoms with Gasteiger partial charge in [-0.05, 0) is 24.8 Å². The Labute approximate surface area is 140 Å². The molecule has 2 fully saturated rings. The number of piperidine rings is 1. The highest BCUT2D eigenvalue weighted by atomic mass is 32.2. The van der Waals surface area contributed by atoms with Gasteiger partial charge in [-0.1, -0.05) is 6.07 Å². The van der Waals surface area contributed by atoms with E-state index in [1.807, 2.05) is 10.6 Å². The number of pyridine rings is 1. The third-order valence-corrected chi connectivity index (χ3v) is 7.09. The van der Waals surface area contributed by atoms with Crippen LogP contribution in [0.4, 0.5) is 4.79 Å². The Kier molecular flexibility index (Phi) is 3.67. The van der Waals surface area contributed by atoms with Gasteiger partial charge in [0.1, 0.15) is 0 Å². The third kappa shape index (κ3) is 2.83. The van der Waals surface area contributed by atoms with Crippen molar-refractivity contribution in [3.05, 3.63) is 34.2 Å². The van der Waals surface area contributed by atoms with E-state index in [0.717, 1.165) is 12.1 Å². The van der Waals surface area contributed by atoms with Gasteiger partial charge < -0.3 is 14.8 Å². The van der Waals surface area contributed by atoms with Crippen molar-refractivity contribution in [1.82, 2.24) is 14.8 Å². The summed E-state index contributed by atoms with van der Waals surface area (Å²) in [6.45, 7) is 1.83. The topological polar surface area (TPSA) is 88.5 Å². The Hall–Kier alpha value is -1.83. The first-order valence-corrected chi connectivity index (χ1v) is 10.2. The number of aromatic nitrogens is 1. The van der Waals surface area contributed by atoms with Gasteiger partial charge >= 0.3 is 6.03 Å². The first-order valence-electron chi connectivity index (χ1n) is 8.37. The van der Waals surface area contributed by atoms with Gasteiger partial charge in [0.15, 0.2) is 9.84 Å². The maximum absolute atomic E-state index is 12.5. The summed E-state index contributed by atoms with van der Waals surface area (Å²) in [6.07, 6.45) is 1.48. The van der Waals surface area contributed by atoms with Crippen LogP contribution in [-0.4, -0.2) is 54.6 Å². The minimum Gasteiger partial charge on any atom is -0.334 e. The molecule has 1 aromatic rings. The molecule has 4 rings (SSSR count). The number of nitrogens with one attached hydrogen (secondary N) is 1. The van der Waals surface area contributed by atoms with E-state index in [9.17, 15) is 18.0 Å². The number of carbonyl (C=O) groups excluding carboxylic acids is 1. The predicted octanol–water partition coefficient (Wildman–Crippen LogP) is 0.164. The van der Waals surface area contributed by atoms with Crippen LogP contribution in [0, 0.1) is 5.92 Å². The van der Waals surface area contributed by atoms with E-state index in [1.54, 1.807) is 17.0 Å². The van der Waals surface area contributed by atoms with Gasteiger partial charge in [0, 0.05) is 43.4 Å². The van der Waals surface area contributed by atoms with Gasteiger partial charge in [-0.3, -0.25) is 4.79 Å². The summed E-state index contributed by atoms with van der Waals surface area (Å²) in [4.78, 5) is 26.3. The first kappa shape index (κ1) is 15.7. The molecular formula is C16H21N3O4S. The lowest BCUT2D eigenvalue weighted by molar-refractivity contribution is 0.129. The number of sulfone groups is 1. The molecule has 2 bridgehead atoms. The van der Waals surface area contributed by atoms with E-state index in [4.69, 9.17) is 0 Å². The average Bonchev–Trinajstić information content (AvgIpc) is 2.87. The second-order valence-electron chi connectivity index (χ2n) is 7.15. The van der Waals surface area contributed by atoms with Crippen LogP contribution in [0.5, 0.6) is 0 Å². The summed E-state index contributed by atoms with van der Waals surface area (Å²) < 4.78 is 24.9. The summed E-state index contributed by atoms with van der Waals surface area (Å²) >= 11 is 0. The van der Waals surface area contributed by atoms with Gasteiger partial charge in [0.25, 0.3) is 5.56 Å². The monoisotopic (exact) mass is 351 g/mol.